The first-order chi connectivity index (χ1) is 10.8. The van der Waals surface area contributed by atoms with Crippen LogP contribution < -0.4 is 10.2 Å². The number of hydroxylamine groups is 1. The zero-order valence-corrected chi connectivity index (χ0v) is 13.2. The van der Waals surface area contributed by atoms with E-state index in [1.165, 1.54) is 0 Å². The molecule has 2 rings (SSSR count). The maximum Gasteiger partial charge on any atom is 0.209 e. The van der Waals surface area contributed by atoms with Gasteiger partial charge in [0.2, 0.25) is 6.41 Å². The number of methoxy groups -OCH3 is 1. The highest BCUT2D eigenvalue weighted by Crippen LogP contribution is 2.10. The van der Waals surface area contributed by atoms with Crippen LogP contribution in [0.2, 0.25) is 0 Å². The molecule has 0 aliphatic carbocycles. The number of piperazine rings is 1. The van der Waals surface area contributed by atoms with Crippen LogP contribution >= 0.6 is 0 Å². The third-order valence-electron chi connectivity index (χ3n) is 3.81. The number of ether oxygens (including phenoxy) is 1. The van der Waals surface area contributed by atoms with E-state index in [9.17, 15) is 4.79 Å². The summed E-state index contributed by atoms with van der Waals surface area (Å²) >= 11 is 0. The molecule has 22 heavy (non-hydrogen) atoms. The van der Waals surface area contributed by atoms with E-state index in [-0.39, 0.29) is 0 Å². The van der Waals surface area contributed by atoms with Gasteiger partial charge in [-0.1, -0.05) is 12.1 Å². The Balaban J connectivity index is 1.49. The molecule has 0 atom stereocenters. The van der Waals surface area contributed by atoms with Crippen molar-refractivity contribution in [3.05, 3.63) is 29.8 Å². The second kappa shape index (κ2) is 9.40. The second-order valence-electron chi connectivity index (χ2n) is 5.35. The molecular formula is C16H25N3O3. The van der Waals surface area contributed by atoms with Crippen molar-refractivity contribution in [3.8, 4) is 5.75 Å². The maximum absolute atomic E-state index is 10.6. The lowest BCUT2D eigenvalue weighted by Gasteiger charge is -2.32. The Bertz CT molecular complexity index is 431. The smallest absolute Gasteiger partial charge is 0.209 e. The third kappa shape index (κ3) is 5.63. The molecule has 0 radical (unpaired) electrons. The Hall–Kier alpha value is -1.63. The van der Waals surface area contributed by atoms with Crippen molar-refractivity contribution in [1.82, 2.24) is 15.3 Å². The predicted octanol–water partition coefficient (Wildman–Crippen LogP) is 0.881. The first kappa shape index (κ1) is 16.7. The number of carbonyl (C=O) groups is 1. The van der Waals surface area contributed by atoms with Gasteiger partial charge < -0.3 is 14.5 Å². The first-order valence-electron chi connectivity index (χ1n) is 7.71. The molecule has 1 N–H and O–H groups in total. The Morgan fingerprint density at radius 2 is 1.91 bits per heavy atom. The Kier molecular flexibility index (Phi) is 7.15. The fourth-order valence-corrected chi connectivity index (χ4v) is 2.40. The average Bonchev–Trinajstić information content (AvgIpc) is 2.59. The molecule has 0 spiro atoms. The minimum atomic E-state index is 0.683. The normalized spacial score (nSPS) is 15.8. The zero-order chi connectivity index (χ0) is 15.6. The lowest BCUT2D eigenvalue weighted by molar-refractivity contribution is -0.119. The topological polar surface area (TPSA) is 54.0 Å². The van der Waals surface area contributed by atoms with Crippen molar-refractivity contribution in [2.75, 3.05) is 46.4 Å². The number of hydrogen-bond donors (Lipinski definition) is 1. The number of hydrogen-bond acceptors (Lipinski definition) is 5. The summed E-state index contributed by atoms with van der Waals surface area (Å²) in [6, 6.07) is 7.91. The molecule has 1 heterocycles. The summed E-state index contributed by atoms with van der Waals surface area (Å²) < 4.78 is 5.12. The van der Waals surface area contributed by atoms with E-state index in [0.717, 1.165) is 56.9 Å². The van der Waals surface area contributed by atoms with Crippen molar-refractivity contribution < 1.29 is 14.4 Å². The largest absolute Gasteiger partial charge is 0.497 e. The Morgan fingerprint density at radius 1 is 1.18 bits per heavy atom. The fraction of sp³-hybridized carbons (Fsp3) is 0.562. The minimum absolute atomic E-state index is 0.683. The van der Waals surface area contributed by atoms with E-state index in [1.807, 2.05) is 29.2 Å². The fourth-order valence-electron chi connectivity index (χ4n) is 2.40. The van der Waals surface area contributed by atoms with Gasteiger partial charge in [-0.2, -0.15) is 5.48 Å². The van der Waals surface area contributed by atoms with Crippen LogP contribution in [0.15, 0.2) is 24.3 Å². The molecule has 6 heteroatoms. The van der Waals surface area contributed by atoms with Crippen LogP contribution in [-0.2, 0) is 16.2 Å². The molecule has 1 aromatic rings. The van der Waals surface area contributed by atoms with Crippen molar-refractivity contribution in [3.63, 3.8) is 0 Å². The van der Waals surface area contributed by atoms with Crippen LogP contribution in [0.5, 0.6) is 5.75 Å². The maximum atomic E-state index is 10.6. The van der Waals surface area contributed by atoms with Crippen molar-refractivity contribution in [2.45, 2.75) is 13.0 Å². The van der Waals surface area contributed by atoms with Crippen LogP contribution in [-0.4, -0.2) is 62.7 Å². The van der Waals surface area contributed by atoms with E-state index in [2.05, 4.69) is 10.4 Å². The molecule has 1 fully saturated rings. The summed E-state index contributed by atoms with van der Waals surface area (Å²) in [5.74, 6) is 0.861. The lowest BCUT2D eigenvalue weighted by Crippen LogP contribution is -2.46. The number of nitrogens with one attached hydrogen (secondary N) is 1. The minimum Gasteiger partial charge on any atom is -0.497 e. The lowest BCUT2D eigenvalue weighted by atomic mass is 10.2. The highest BCUT2D eigenvalue weighted by Gasteiger charge is 2.14. The summed E-state index contributed by atoms with van der Waals surface area (Å²) in [5, 5.41) is 0. The SMILES string of the molecule is COc1ccc(CNOCCCN2CCN(C=O)CC2)cc1. The van der Waals surface area contributed by atoms with Gasteiger partial charge in [0.05, 0.1) is 13.7 Å². The Morgan fingerprint density at radius 3 is 2.55 bits per heavy atom. The van der Waals surface area contributed by atoms with E-state index in [4.69, 9.17) is 9.57 Å². The summed E-state index contributed by atoms with van der Waals surface area (Å²) in [7, 11) is 1.66. The summed E-state index contributed by atoms with van der Waals surface area (Å²) in [6.07, 6.45) is 1.92. The van der Waals surface area contributed by atoms with Crippen molar-refractivity contribution >= 4 is 6.41 Å². The number of amides is 1. The average molecular weight is 307 g/mol. The molecule has 1 aromatic carbocycles. The van der Waals surface area contributed by atoms with E-state index in [0.29, 0.717) is 13.2 Å². The van der Waals surface area contributed by atoms with E-state index >= 15 is 0 Å². The Labute approximate surface area is 131 Å². The van der Waals surface area contributed by atoms with Crippen LogP contribution in [0.1, 0.15) is 12.0 Å². The number of rotatable bonds is 9. The summed E-state index contributed by atoms with van der Waals surface area (Å²) in [5.41, 5.74) is 4.14. The highest BCUT2D eigenvalue weighted by atomic mass is 16.6. The van der Waals surface area contributed by atoms with Crippen LogP contribution in [0.25, 0.3) is 0 Å². The quantitative estimate of drug-likeness (QED) is 0.417. The highest BCUT2D eigenvalue weighted by molar-refractivity contribution is 5.47. The number of benzene rings is 1. The molecule has 0 aromatic heterocycles. The second-order valence-corrected chi connectivity index (χ2v) is 5.35. The molecule has 6 nitrogen and oxygen atoms in total. The van der Waals surface area contributed by atoms with Gasteiger partial charge in [-0.05, 0) is 24.1 Å². The number of carbonyl (C=O) groups excluding carboxylic acids is 1. The summed E-state index contributed by atoms with van der Waals surface area (Å²) in [4.78, 5) is 20.3. The third-order valence-corrected chi connectivity index (χ3v) is 3.81. The van der Waals surface area contributed by atoms with E-state index in [1.54, 1.807) is 7.11 Å². The van der Waals surface area contributed by atoms with Crippen molar-refractivity contribution in [1.29, 1.82) is 0 Å². The standard InChI is InChI=1S/C16H25N3O3/c1-21-16-5-3-15(4-6-16)13-17-22-12-2-7-18-8-10-19(14-20)11-9-18/h3-6,14,17H,2,7-13H2,1H3. The van der Waals surface area contributed by atoms with Gasteiger partial charge >= 0.3 is 0 Å². The predicted molar refractivity (Wildman–Crippen MR) is 84.5 cm³/mol. The molecule has 1 saturated heterocycles. The van der Waals surface area contributed by atoms with Gasteiger partial charge in [0.15, 0.2) is 0 Å². The molecule has 0 bridgehead atoms. The first-order valence-corrected chi connectivity index (χ1v) is 7.71. The molecule has 1 aliphatic rings. The summed E-state index contributed by atoms with van der Waals surface area (Å²) in [6.45, 7) is 5.96. The van der Waals surface area contributed by atoms with Crippen LogP contribution in [0.4, 0.5) is 0 Å². The van der Waals surface area contributed by atoms with E-state index < -0.39 is 0 Å². The van der Waals surface area contributed by atoms with Gasteiger partial charge in [-0.15, -0.1) is 0 Å². The van der Waals surface area contributed by atoms with Crippen LogP contribution in [0, 0.1) is 0 Å². The van der Waals surface area contributed by atoms with Gasteiger partial charge in [0.1, 0.15) is 5.75 Å². The van der Waals surface area contributed by atoms with Gasteiger partial charge in [-0.3, -0.25) is 9.69 Å². The van der Waals surface area contributed by atoms with Gasteiger partial charge in [0.25, 0.3) is 0 Å². The zero-order valence-electron chi connectivity index (χ0n) is 13.2. The molecule has 122 valence electrons. The molecule has 0 unspecified atom stereocenters. The van der Waals surface area contributed by atoms with Crippen LogP contribution in [0.3, 0.4) is 0 Å². The molecular weight excluding hydrogens is 282 g/mol. The van der Waals surface area contributed by atoms with Gasteiger partial charge in [0, 0.05) is 39.3 Å². The number of nitrogens with zero attached hydrogens (tertiary/aromatic N) is 2. The monoisotopic (exact) mass is 307 g/mol. The van der Waals surface area contributed by atoms with Crippen molar-refractivity contribution in [2.24, 2.45) is 0 Å². The molecule has 0 saturated carbocycles. The van der Waals surface area contributed by atoms with Gasteiger partial charge in [-0.25, -0.2) is 0 Å². The molecule has 1 aliphatic heterocycles. The molecule has 1 amide bonds.